The molecule has 4 rings (SSSR count). The van der Waals surface area contributed by atoms with Crippen LogP contribution in [0.4, 0.5) is 23.0 Å². The van der Waals surface area contributed by atoms with Crippen LogP contribution >= 0.6 is 0 Å². The fraction of sp³-hybridized carbons (Fsp3) is 0.308. The first-order chi connectivity index (χ1) is 18.0. The van der Waals surface area contributed by atoms with E-state index in [0.717, 1.165) is 24.8 Å². The fourth-order valence-electron chi connectivity index (χ4n) is 4.20. The van der Waals surface area contributed by atoms with Crippen LogP contribution in [0, 0.1) is 0 Å². The minimum absolute atomic E-state index is 0.0380. The zero-order valence-corrected chi connectivity index (χ0v) is 22.3. The second-order valence-corrected chi connectivity index (χ2v) is 11.4. The third-order valence-electron chi connectivity index (χ3n) is 6.26. The smallest absolute Gasteiger partial charge is 0.271 e. The molecule has 11 nitrogen and oxygen atoms in total. The highest BCUT2D eigenvalue weighted by molar-refractivity contribution is 7.90. The van der Waals surface area contributed by atoms with Crippen LogP contribution in [0.5, 0.6) is 0 Å². The molecule has 0 bridgehead atoms. The average molecular weight is 538 g/mol. The van der Waals surface area contributed by atoms with E-state index >= 15 is 0 Å². The molecule has 1 fully saturated rings. The summed E-state index contributed by atoms with van der Waals surface area (Å²) in [5, 5.41) is 6.12. The molecule has 12 heteroatoms. The number of aromatic nitrogens is 2. The molecule has 200 valence electrons. The summed E-state index contributed by atoms with van der Waals surface area (Å²) in [5.41, 5.74) is 7.60. The van der Waals surface area contributed by atoms with E-state index in [-0.39, 0.29) is 28.4 Å². The predicted molar refractivity (Wildman–Crippen MR) is 147 cm³/mol. The third kappa shape index (κ3) is 6.38. The van der Waals surface area contributed by atoms with Crippen LogP contribution in [0.1, 0.15) is 33.7 Å². The monoisotopic (exact) mass is 537 g/mol. The first-order valence-corrected chi connectivity index (χ1v) is 14.0. The van der Waals surface area contributed by atoms with Crippen LogP contribution in [0.15, 0.2) is 59.6 Å². The standard InChI is InChI=1S/C26H31N7O4S/c1-32(2)20-10-6-17(7-11-20)26(35)30-19-5-4-14-33(16-19)22-15-28-23(24(27)34)25(31-22)29-18-8-12-21(13-9-18)38(3,36)37/h6-13,15,19H,4-5,14,16H2,1-3H3,(H2,27,34)(H,29,31)(H,30,35). The minimum Gasteiger partial charge on any atom is -0.378 e. The van der Waals surface area contributed by atoms with Gasteiger partial charge < -0.3 is 26.2 Å². The van der Waals surface area contributed by atoms with Gasteiger partial charge in [-0.2, -0.15) is 0 Å². The second kappa shape index (κ2) is 11.1. The van der Waals surface area contributed by atoms with Gasteiger partial charge in [0.15, 0.2) is 21.3 Å². The first kappa shape index (κ1) is 26.9. The van der Waals surface area contributed by atoms with Crippen LogP contribution in [0.25, 0.3) is 0 Å². The molecule has 2 aromatic carbocycles. The van der Waals surface area contributed by atoms with E-state index in [2.05, 4.69) is 20.6 Å². The first-order valence-electron chi connectivity index (χ1n) is 12.1. The zero-order chi connectivity index (χ0) is 27.4. The number of benzene rings is 2. The number of nitrogens with one attached hydrogen (secondary N) is 2. The molecule has 1 aliphatic heterocycles. The number of nitrogens with zero attached hydrogens (tertiary/aromatic N) is 4. The number of amides is 2. The molecule has 0 aliphatic carbocycles. The van der Waals surface area contributed by atoms with Gasteiger partial charge in [0.2, 0.25) is 0 Å². The van der Waals surface area contributed by atoms with Crippen molar-refractivity contribution in [1.29, 1.82) is 0 Å². The van der Waals surface area contributed by atoms with Gasteiger partial charge >= 0.3 is 0 Å². The fourth-order valence-corrected chi connectivity index (χ4v) is 4.83. The molecule has 2 amide bonds. The molecule has 1 atom stereocenters. The van der Waals surface area contributed by atoms with Crippen molar-refractivity contribution >= 4 is 44.7 Å². The molecular formula is C26H31N7O4S. The minimum atomic E-state index is -3.34. The summed E-state index contributed by atoms with van der Waals surface area (Å²) in [6, 6.07) is 13.4. The molecule has 1 unspecified atom stereocenters. The number of nitrogens with two attached hydrogens (primary N) is 1. The normalized spacial score (nSPS) is 15.6. The Balaban J connectivity index is 1.49. The van der Waals surface area contributed by atoms with Crippen molar-refractivity contribution in [2.24, 2.45) is 5.73 Å². The van der Waals surface area contributed by atoms with Gasteiger partial charge in [-0.1, -0.05) is 0 Å². The van der Waals surface area contributed by atoms with Crippen molar-refractivity contribution in [2.75, 3.05) is 48.6 Å². The SMILES string of the molecule is CN(C)c1ccc(C(=O)NC2CCCN(c3cnc(C(N)=O)c(Nc4ccc(S(C)(=O)=O)cc4)n3)C2)cc1. The number of rotatable bonds is 8. The Morgan fingerprint density at radius 1 is 1.08 bits per heavy atom. The van der Waals surface area contributed by atoms with Crippen LogP contribution in [-0.4, -0.2) is 69.7 Å². The molecule has 1 aliphatic rings. The molecule has 0 saturated carbocycles. The predicted octanol–water partition coefficient (Wildman–Crippen LogP) is 2.19. The van der Waals surface area contributed by atoms with Gasteiger partial charge in [-0.3, -0.25) is 9.59 Å². The highest BCUT2D eigenvalue weighted by atomic mass is 32.2. The number of carbonyl (C=O) groups is 2. The highest BCUT2D eigenvalue weighted by Gasteiger charge is 2.24. The van der Waals surface area contributed by atoms with Gasteiger partial charge in [0.25, 0.3) is 11.8 Å². The van der Waals surface area contributed by atoms with E-state index in [4.69, 9.17) is 5.73 Å². The molecule has 1 saturated heterocycles. The topological polar surface area (TPSA) is 151 Å². The van der Waals surface area contributed by atoms with Gasteiger partial charge in [-0.05, 0) is 61.4 Å². The van der Waals surface area contributed by atoms with Gasteiger partial charge in [0.1, 0.15) is 5.82 Å². The number of primary amides is 1. The Bertz CT molecular complexity index is 1420. The molecular weight excluding hydrogens is 506 g/mol. The van der Waals surface area contributed by atoms with Crippen LogP contribution in [0.2, 0.25) is 0 Å². The van der Waals surface area contributed by atoms with E-state index in [9.17, 15) is 18.0 Å². The van der Waals surface area contributed by atoms with E-state index < -0.39 is 15.7 Å². The van der Waals surface area contributed by atoms with E-state index in [1.165, 1.54) is 18.3 Å². The summed E-state index contributed by atoms with van der Waals surface area (Å²) in [5.74, 6) is -0.200. The lowest BCUT2D eigenvalue weighted by atomic mass is 10.0. The lowest BCUT2D eigenvalue weighted by molar-refractivity contribution is 0.0932. The zero-order valence-electron chi connectivity index (χ0n) is 21.5. The molecule has 0 spiro atoms. The highest BCUT2D eigenvalue weighted by Crippen LogP contribution is 2.24. The van der Waals surface area contributed by atoms with E-state index in [1.807, 2.05) is 36.0 Å². The average Bonchev–Trinajstić information content (AvgIpc) is 2.88. The number of hydrogen-bond acceptors (Lipinski definition) is 9. The summed E-state index contributed by atoms with van der Waals surface area (Å²) >= 11 is 0. The maximum atomic E-state index is 12.8. The summed E-state index contributed by atoms with van der Waals surface area (Å²) in [4.78, 5) is 37.8. The van der Waals surface area contributed by atoms with Crippen molar-refractivity contribution < 1.29 is 18.0 Å². The Kier molecular flexibility index (Phi) is 7.81. The lowest BCUT2D eigenvalue weighted by Crippen LogP contribution is -2.48. The molecule has 2 heterocycles. The molecule has 3 aromatic rings. The van der Waals surface area contributed by atoms with Gasteiger partial charge in [-0.25, -0.2) is 18.4 Å². The summed E-state index contributed by atoms with van der Waals surface area (Å²) in [7, 11) is 0.548. The molecule has 38 heavy (non-hydrogen) atoms. The Labute approximate surface area is 222 Å². The van der Waals surface area contributed by atoms with Crippen molar-refractivity contribution in [3.05, 3.63) is 66.0 Å². The van der Waals surface area contributed by atoms with Gasteiger partial charge in [0.05, 0.1) is 11.1 Å². The van der Waals surface area contributed by atoms with Crippen LogP contribution in [-0.2, 0) is 9.84 Å². The summed E-state index contributed by atoms with van der Waals surface area (Å²) in [6.07, 6.45) is 4.27. The summed E-state index contributed by atoms with van der Waals surface area (Å²) < 4.78 is 23.5. The number of hydrogen-bond donors (Lipinski definition) is 3. The Hall–Kier alpha value is -4.19. The number of piperidine rings is 1. The molecule has 1 aromatic heterocycles. The Morgan fingerprint density at radius 3 is 2.37 bits per heavy atom. The quantitative estimate of drug-likeness (QED) is 0.393. The maximum absolute atomic E-state index is 12.8. The van der Waals surface area contributed by atoms with Gasteiger partial charge in [0, 0.05) is 56.4 Å². The molecule has 4 N–H and O–H groups in total. The maximum Gasteiger partial charge on any atom is 0.271 e. The van der Waals surface area contributed by atoms with Crippen LogP contribution < -0.4 is 26.2 Å². The lowest BCUT2D eigenvalue weighted by Gasteiger charge is -2.34. The van der Waals surface area contributed by atoms with Crippen molar-refractivity contribution in [3.8, 4) is 0 Å². The van der Waals surface area contributed by atoms with Crippen molar-refractivity contribution in [2.45, 2.75) is 23.8 Å². The Morgan fingerprint density at radius 2 is 1.76 bits per heavy atom. The number of anilines is 4. The number of sulfone groups is 1. The third-order valence-corrected chi connectivity index (χ3v) is 7.39. The van der Waals surface area contributed by atoms with Crippen molar-refractivity contribution in [3.63, 3.8) is 0 Å². The molecule has 0 radical (unpaired) electrons. The van der Waals surface area contributed by atoms with Crippen LogP contribution in [0.3, 0.4) is 0 Å². The van der Waals surface area contributed by atoms with Crippen molar-refractivity contribution in [1.82, 2.24) is 15.3 Å². The second-order valence-electron chi connectivity index (χ2n) is 9.41. The van der Waals surface area contributed by atoms with E-state index in [1.54, 1.807) is 24.3 Å². The largest absolute Gasteiger partial charge is 0.378 e. The van der Waals surface area contributed by atoms with E-state index in [0.29, 0.717) is 30.2 Å². The summed E-state index contributed by atoms with van der Waals surface area (Å²) in [6.45, 7) is 1.23. The number of carbonyl (C=O) groups excluding carboxylic acids is 2. The van der Waals surface area contributed by atoms with Gasteiger partial charge in [-0.15, -0.1) is 0 Å².